The molecule has 0 spiro atoms. The Morgan fingerprint density at radius 1 is 1.15 bits per heavy atom. The van der Waals surface area contributed by atoms with E-state index in [4.69, 9.17) is 10.2 Å². The Morgan fingerprint density at radius 2 is 1.81 bits per heavy atom. The quantitative estimate of drug-likeness (QED) is 0.896. The molecule has 1 amide bonds. The van der Waals surface area contributed by atoms with E-state index >= 15 is 0 Å². The first kappa shape index (κ1) is 18.7. The van der Waals surface area contributed by atoms with Gasteiger partial charge in [0, 0.05) is 32.7 Å². The van der Waals surface area contributed by atoms with Crippen LogP contribution in [0.5, 0.6) is 0 Å². The second kappa shape index (κ2) is 8.06. The molecule has 0 saturated carbocycles. The van der Waals surface area contributed by atoms with Gasteiger partial charge in [-0.3, -0.25) is 9.69 Å². The minimum Gasteiger partial charge on any atom is -0.455 e. The van der Waals surface area contributed by atoms with Gasteiger partial charge >= 0.3 is 0 Å². The van der Waals surface area contributed by atoms with Gasteiger partial charge in [-0.25, -0.2) is 0 Å². The monoisotopic (exact) mass is 355 g/mol. The van der Waals surface area contributed by atoms with Crippen molar-refractivity contribution < 1.29 is 9.21 Å². The minimum atomic E-state index is -0.0649. The largest absolute Gasteiger partial charge is 0.455 e. The molecule has 0 bridgehead atoms. The van der Waals surface area contributed by atoms with Gasteiger partial charge in [0.05, 0.1) is 6.54 Å². The van der Waals surface area contributed by atoms with Crippen LogP contribution in [-0.4, -0.2) is 41.9 Å². The van der Waals surface area contributed by atoms with Gasteiger partial charge in [0.15, 0.2) is 5.76 Å². The Morgan fingerprint density at radius 3 is 2.38 bits per heavy atom. The van der Waals surface area contributed by atoms with Crippen LogP contribution in [0.15, 0.2) is 46.9 Å². The van der Waals surface area contributed by atoms with Crippen molar-refractivity contribution in [2.45, 2.75) is 33.0 Å². The summed E-state index contributed by atoms with van der Waals surface area (Å²) in [4.78, 5) is 17.2. The van der Waals surface area contributed by atoms with Crippen LogP contribution in [0, 0.1) is 11.8 Å². The molecule has 0 radical (unpaired) electrons. The Bertz CT molecular complexity index is 716. The summed E-state index contributed by atoms with van der Waals surface area (Å²) in [6.07, 6.45) is 0. The van der Waals surface area contributed by atoms with Crippen molar-refractivity contribution >= 4 is 5.91 Å². The van der Waals surface area contributed by atoms with Gasteiger partial charge in [-0.1, -0.05) is 44.2 Å². The minimum absolute atomic E-state index is 0.0649. The normalized spacial score (nSPS) is 21.7. The molecule has 0 unspecified atom stereocenters. The number of hydrogen-bond donors (Lipinski definition) is 1. The van der Waals surface area contributed by atoms with Crippen LogP contribution in [0.25, 0.3) is 0 Å². The van der Waals surface area contributed by atoms with E-state index in [2.05, 4.69) is 43.0 Å². The number of carbonyl (C=O) groups excluding carboxylic acids is 1. The Hall–Kier alpha value is -2.11. The van der Waals surface area contributed by atoms with E-state index in [0.717, 1.165) is 19.6 Å². The van der Waals surface area contributed by atoms with Gasteiger partial charge in [0.25, 0.3) is 5.91 Å². The van der Waals surface area contributed by atoms with Crippen molar-refractivity contribution in [1.82, 2.24) is 9.80 Å². The number of piperidine rings is 1. The second-order valence-corrected chi connectivity index (χ2v) is 7.51. The van der Waals surface area contributed by atoms with Crippen molar-refractivity contribution in [3.05, 3.63) is 59.5 Å². The molecule has 5 heteroatoms. The number of hydrogen-bond acceptors (Lipinski definition) is 4. The average Bonchev–Trinajstić information content (AvgIpc) is 3.10. The smallest absolute Gasteiger partial charge is 0.289 e. The highest BCUT2D eigenvalue weighted by atomic mass is 16.4. The fourth-order valence-corrected chi connectivity index (χ4v) is 4.31. The van der Waals surface area contributed by atoms with Crippen LogP contribution < -0.4 is 5.73 Å². The summed E-state index contributed by atoms with van der Waals surface area (Å²) in [5.74, 6) is 1.73. The highest BCUT2D eigenvalue weighted by molar-refractivity contribution is 5.91. The van der Waals surface area contributed by atoms with Gasteiger partial charge in [0.2, 0.25) is 0 Å². The Labute approximate surface area is 155 Å². The number of carbonyl (C=O) groups is 1. The van der Waals surface area contributed by atoms with E-state index in [1.54, 1.807) is 12.1 Å². The molecule has 1 aromatic carbocycles. The molecule has 2 atom stereocenters. The van der Waals surface area contributed by atoms with E-state index in [0.29, 0.717) is 29.9 Å². The van der Waals surface area contributed by atoms with E-state index in [1.807, 2.05) is 18.0 Å². The second-order valence-electron chi connectivity index (χ2n) is 7.51. The molecule has 2 N–H and O–H groups in total. The highest BCUT2D eigenvalue weighted by Crippen LogP contribution is 2.28. The maximum atomic E-state index is 12.8. The topological polar surface area (TPSA) is 62.7 Å². The van der Waals surface area contributed by atoms with E-state index in [1.165, 1.54) is 5.56 Å². The molecular formula is C21H29N3O2. The SMILES string of the molecule is C[C@@H]1CN(Cc2ccccc2)C[C@@H](C)C1N(C)C(=O)c1ccc(CN)o1. The molecule has 2 heterocycles. The molecule has 5 nitrogen and oxygen atoms in total. The molecule has 26 heavy (non-hydrogen) atoms. The zero-order valence-electron chi connectivity index (χ0n) is 15.9. The van der Waals surface area contributed by atoms with Crippen molar-refractivity contribution in [3.8, 4) is 0 Å². The van der Waals surface area contributed by atoms with Crippen LogP contribution in [0.2, 0.25) is 0 Å². The van der Waals surface area contributed by atoms with E-state index < -0.39 is 0 Å². The fourth-order valence-electron chi connectivity index (χ4n) is 4.31. The van der Waals surface area contributed by atoms with Gasteiger partial charge in [-0.05, 0) is 29.5 Å². The van der Waals surface area contributed by atoms with Gasteiger partial charge < -0.3 is 15.1 Å². The molecular weight excluding hydrogens is 326 g/mol. The number of nitrogens with zero attached hydrogens (tertiary/aromatic N) is 2. The van der Waals surface area contributed by atoms with Crippen LogP contribution in [0.1, 0.15) is 35.7 Å². The van der Waals surface area contributed by atoms with Gasteiger partial charge in [0.1, 0.15) is 5.76 Å². The number of rotatable bonds is 5. The van der Waals surface area contributed by atoms with Crippen LogP contribution in [0.3, 0.4) is 0 Å². The van der Waals surface area contributed by atoms with Crippen LogP contribution in [-0.2, 0) is 13.1 Å². The first-order chi connectivity index (χ1) is 12.5. The molecule has 1 aliphatic heterocycles. The summed E-state index contributed by atoms with van der Waals surface area (Å²) in [6, 6.07) is 14.2. The summed E-state index contributed by atoms with van der Waals surface area (Å²) in [5.41, 5.74) is 6.91. The first-order valence-electron chi connectivity index (χ1n) is 9.31. The molecule has 1 aliphatic rings. The molecule has 1 aromatic heterocycles. The van der Waals surface area contributed by atoms with Crippen molar-refractivity contribution in [1.29, 1.82) is 0 Å². The number of nitrogens with two attached hydrogens (primary N) is 1. The third-order valence-corrected chi connectivity index (χ3v) is 5.35. The summed E-state index contributed by atoms with van der Waals surface area (Å²) in [5, 5.41) is 0. The van der Waals surface area contributed by atoms with Crippen molar-refractivity contribution in [2.24, 2.45) is 17.6 Å². The predicted octanol–water partition coefficient (Wildman–Crippen LogP) is 2.97. The van der Waals surface area contributed by atoms with Crippen molar-refractivity contribution in [2.75, 3.05) is 20.1 Å². The average molecular weight is 355 g/mol. The zero-order valence-corrected chi connectivity index (χ0v) is 15.9. The van der Waals surface area contributed by atoms with Gasteiger partial charge in [-0.15, -0.1) is 0 Å². The number of amides is 1. The fraction of sp³-hybridized carbons (Fsp3) is 0.476. The molecule has 1 saturated heterocycles. The van der Waals surface area contributed by atoms with Gasteiger partial charge in [-0.2, -0.15) is 0 Å². The summed E-state index contributed by atoms with van der Waals surface area (Å²) in [7, 11) is 1.89. The first-order valence-corrected chi connectivity index (χ1v) is 9.31. The van der Waals surface area contributed by atoms with Crippen LogP contribution in [0.4, 0.5) is 0 Å². The third-order valence-electron chi connectivity index (χ3n) is 5.35. The standard InChI is InChI=1S/C21H29N3O2/c1-15-12-24(14-17-7-5-4-6-8-17)13-16(2)20(15)23(3)21(25)19-10-9-18(11-22)26-19/h4-10,15-16,20H,11-14,22H2,1-3H3/t15-,16-/m1/s1. The van der Waals surface area contributed by atoms with E-state index in [-0.39, 0.29) is 11.9 Å². The van der Waals surface area contributed by atoms with E-state index in [9.17, 15) is 4.79 Å². The number of likely N-dealkylation sites (tertiary alicyclic amines) is 1. The highest BCUT2D eigenvalue weighted by Gasteiger charge is 2.37. The predicted molar refractivity (Wildman–Crippen MR) is 103 cm³/mol. The summed E-state index contributed by atoms with van der Waals surface area (Å²) < 4.78 is 5.55. The van der Waals surface area contributed by atoms with Crippen molar-refractivity contribution in [3.63, 3.8) is 0 Å². The lowest BCUT2D eigenvalue weighted by Gasteiger charge is -2.45. The molecule has 2 aromatic rings. The Balaban J connectivity index is 1.66. The maximum absolute atomic E-state index is 12.8. The maximum Gasteiger partial charge on any atom is 0.289 e. The van der Waals surface area contributed by atoms with Crippen LogP contribution >= 0.6 is 0 Å². The molecule has 140 valence electrons. The molecule has 0 aliphatic carbocycles. The number of furan rings is 1. The lowest BCUT2D eigenvalue weighted by molar-refractivity contribution is 0.0251. The summed E-state index contributed by atoms with van der Waals surface area (Å²) in [6.45, 7) is 7.69. The Kier molecular flexibility index (Phi) is 5.79. The number of benzene rings is 1. The lowest BCUT2D eigenvalue weighted by atomic mass is 9.84. The molecule has 3 rings (SSSR count). The third kappa shape index (κ3) is 4.00. The summed E-state index contributed by atoms with van der Waals surface area (Å²) >= 11 is 0. The zero-order chi connectivity index (χ0) is 18.7. The molecule has 1 fully saturated rings. The lowest BCUT2D eigenvalue weighted by Crippen LogP contribution is -2.55.